The van der Waals surface area contributed by atoms with Crippen LogP contribution in [0.4, 0.5) is 11.4 Å². The fourth-order valence-electron chi connectivity index (χ4n) is 2.24. The van der Waals surface area contributed by atoms with E-state index in [-0.39, 0.29) is 18.0 Å². The van der Waals surface area contributed by atoms with Gasteiger partial charge in [0.2, 0.25) is 0 Å². The van der Waals surface area contributed by atoms with Crippen LogP contribution in [0.1, 0.15) is 11.3 Å². The molecule has 0 saturated carbocycles. The number of non-ortho nitro benzene ring substituents is 2. The number of rotatable bonds is 7. The number of benzene rings is 2. The normalized spacial score (nSPS) is 10.5. The van der Waals surface area contributed by atoms with Crippen molar-refractivity contribution in [1.82, 2.24) is 15.0 Å². The Balaban J connectivity index is 1.60. The van der Waals surface area contributed by atoms with Crippen molar-refractivity contribution in [3.63, 3.8) is 0 Å². The lowest BCUT2D eigenvalue weighted by molar-refractivity contribution is -0.385. The highest BCUT2D eigenvalue weighted by Gasteiger charge is 2.08. The summed E-state index contributed by atoms with van der Waals surface area (Å²) in [5.41, 5.74) is 1.37. The second-order valence-corrected chi connectivity index (χ2v) is 5.37. The Bertz CT molecular complexity index is 938. The summed E-state index contributed by atoms with van der Waals surface area (Å²) in [6.45, 7) is 0.517. The molecule has 0 aliphatic rings. The van der Waals surface area contributed by atoms with E-state index in [1.165, 1.54) is 24.3 Å². The minimum absolute atomic E-state index is 0.0263. The quantitative estimate of drug-likeness (QED) is 0.471. The van der Waals surface area contributed by atoms with Crippen LogP contribution in [0.5, 0.6) is 5.75 Å². The third kappa shape index (κ3) is 4.17. The Morgan fingerprint density at radius 3 is 2.42 bits per heavy atom. The van der Waals surface area contributed by atoms with Crippen molar-refractivity contribution >= 4 is 11.4 Å². The molecule has 3 rings (SSSR count). The molecule has 1 heterocycles. The van der Waals surface area contributed by atoms with E-state index in [1.54, 1.807) is 35.1 Å². The maximum atomic E-state index is 10.7. The highest BCUT2D eigenvalue weighted by molar-refractivity contribution is 5.38. The summed E-state index contributed by atoms with van der Waals surface area (Å²) in [7, 11) is 0. The van der Waals surface area contributed by atoms with Crippen LogP contribution in [0.2, 0.25) is 0 Å². The van der Waals surface area contributed by atoms with Gasteiger partial charge in [-0.05, 0) is 11.6 Å². The first-order valence-electron chi connectivity index (χ1n) is 7.51. The molecule has 2 aromatic carbocycles. The SMILES string of the molecule is O=[N+]([O-])c1ccc(Cn2cc(COc3cccc([N+](=O)[O-])c3)nn2)cc1. The molecule has 0 saturated heterocycles. The van der Waals surface area contributed by atoms with Gasteiger partial charge in [0, 0.05) is 18.2 Å². The average Bonchev–Trinajstić information content (AvgIpc) is 3.08. The van der Waals surface area contributed by atoms with Crippen LogP contribution < -0.4 is 4.74 Å². The number of nitro groups is 2. The Hall–Kier alpha value is -3.82. The summed E-state index contributed by atoms with van der Waals surface area (Å²) in [5, 5.41) is 29.3. The second-order valence-electron chi connectivity index (χ2n) is 5.37. The molecule has 3 aromatic rings. The number of hydrogen-bond donors (Lipinski definition) is 0. The number of ether oxygens (including phenoxy) is 1. The zero-order chi connectivity index (χ0) is 18.5. The molecule has 132 valence electrons. The highest BCUT2D eigenvalue weighted by Crippen LogP contribution is 2.20. The van der Waals surface area contributed by atoms with Crippen LogP contribution in [0, 0.1) is 20.2 Å². The lowest BCUT2D eigenvalue weighted by Gasteiger charge is -2.03. The Kier molecular flexibility index (Phi) is 4.83. The third-order valence-electron chi connectivity index (χ3n) is 3.49. The Labute approximate surface area is 146 Å². The van der Waals surface area contributed by atoms with E-state index < -0.39 is 9.85 Å². The van der Waals surface area contributed by atoms with Gasteiger partial charge < -0.3 is 4.74 Å². The topological polar surface area (TPSA) is 126 Å². The van der Waals surface area contributed by atoms with Gasteiger partial charge >= 0.3 is 0 Å². The summed E-state index contributed by atoms with van der Waals surface area (Å²) in [6.07, 6.45) is 1.68. The van der Waals surface area contributed by atoms with Crippen molar-refractivity contribution in [1.29, 1.82) is 0 Å². The monoisotopic (exact) mass is 355 g/mol. The first-order valence-corrected chi connectivity index (χ1v) is 7.51. The van der Waals surface area contributed by atoms with Gasteiger partial charge in [0.1, 0.15) is 18.1 Å². The molecule has 0 amide bonds. The van der Waals surface area contributed by atoms with Crippen LogP contribution in [0.25, 0.3) is 0 Å². The Morgan fingerprint density at radius 2 is 1.73 bits per heavy atom. The van der Waals surface area contributed by atoms with Gasteiger partial charge in [-0.2, -0.15) is 0 Å². The van der Waals surface area contributed by atoms with Crippen LogP contribution in [0.15, 0.2) is 54.7 Å². The fraction of sp³-hybridized carbons (Fsp3) is 0.125. The molecule has 0 aliphatic carbocycles. The minimum atomic E-state index is -0.493. The smallest absolute Gasteiger partial charge is 0.273 e. The lowest BCUT2D eigenvalue weighted by Crippen LogP contribution is -2.00. The van der Waals surface area contributed by atoms with Crippen molar-refractivity contribution in [3.05, 3.63) is 86.2 Å². The van der Waals surface area contributed by atoms with E-state index in [2.05, 4.69) is 10.3 Å². The van der Waals surface area contributed by atoms with Crippen LogP contribution in [-0.2, 0) is 13.2 Å². The zero-order valence-corrected chi connectivity index (χ0v) is 13.4. The first kappa shape index (κ1) is 17.0. The predicted molar refractivity (Wildman–Crippen MR) is 89.6 cm³/mol. The van der Waals surface area contributed by atoms with E-state index in [4.69, 9.17) is 4.74 Å². The van der Waals surface area contributed by atoms with Crippen molar-refractivity contribution < 1.29 is 14.6 Å². The predicted octanol–water partition coefficient (Wildman–Crippen LogP) is 2.72. The largest absolute Gasteiger partial charge is 0.487 e. The molecular formula is C16H13N5O5. The highest BCUT2D eigenvalue weighted by atomic mass is 16.6. The molecule has 26 heavy (non-hydrogen) atoms. The van der Waals surface area contributed by atoms with Gasteiger partial charge in [0.25, 0.3) is 11.4 Å². The van der Waals surface area contributed by atoms with Crippen molar-refractivity contribution in [3.8, 4) is 5.75 Å². The number of hydrogen-bond acceptors (Lipinski definition) is 7. The van der Waals surface area contributed by atoms with E-state index in [0.717, 1.165) is 5.56 Å². The van der Waals surface area contributed by atoms with Crippen molar-refractivity contribution in [2.75, 3.05) is 0 Å². The van der Waals surface area contributed by atoms with Gasteiger partial charge in [-0.25, -0.2) is 4.68 Å². The molecular weight excluding hydrogens is 342 g/mol. The number of aromatic nitrogens is 3. The number of nitrogens with zero attached hydrogens (tertiary/aromatic N) is 5. The van der Waals surface area contributed by atoms with E-state index >= 15 is 0 Å². The summed E-state index contributed by atoms with van der Waals surface area (Å²) in [5.74, 6) is 0.365. The second kappa shape index (κ2) is 7.38. The molecule has 0 atom stereocenters. The van der Waals surface area contributed by atoms with Gasteiger partial charge in [0.15, 0.2) is 0 Å². The summed E-state index contributed by atoms with van der Waals surface area (Å²) in [6, 6.07) is 12.0. The summed E-state index contributed by atoms with van der Waals surface area (Å²) < 4.78 is 7.07. The van der Waals surface area contributed by atoms with Crippen molar-refractivity contribution in [2.24, 2.45) is 0 Å². The average molecular weight is 355 g/mol. The minimum Gasteiger partial charge on any atom is -0.487 e. The third-order valence-corrected chi connectivity index (χ3v) is 3.49. The molecule has 0 unspecified atom stereocenters. The molecule has 0 N–H and O–H groups in total. The maximum absolute atomic E-state index is 10.7. The Morgan fingerprint density at radius 1 is 1.00 bits per heavy atom. The van der Waals surface area contributed by atoms with Crippen LogP contribution >= 0.6 is 0 Å². The van der Waals surface area contributed by atoms with E-state index in [1.807, 2.05) is 0 Å². The standard InChI is InChI=1S/C16H13N5O5/c22-20(23)14-6-4-12(5-7-14)9-19-10-13(17-18-19)11-26-16-3-1-2-15(8-16)21(24)25/h1-8,10H,9,11H2. The van der Waals surface area contributed by atoms with E-state index in [0.29, 0.717) is 18.0 Å². The molecule has 10 heteroatoms. The van der Waals surface area contributed by atoms with Gasteiger partial charge in [-0.15, -0.1) is 5.10 Å². The van der Waals surface area contributed by atoms with Crippen molar-refractivity contribution in [2.45, 2.75) is 13.2 Å². The van der Waals surface area contributed by atoms with Crippen LogP contribution in [0.3, 0.4) is 0 Å². The van der Waals surface area contributed by atoms with Crippen LogP contribution in [-0.4, -0.2) is 24.8 Å². The first-order chi connectivity index (χ1) is 12.5. The molecule has 0 fully saturated rings. The molecule has 0 bridgehead atoms. The zero-order valence-electron chi connectivity index (χ0n) is 13.4. The van der Waals surface area contributed by atoms with E-state index in [9.17, 15) is 20.2 Å². The van der Waals surface area contributed by atoms with Gasteiger partial charge in [0.05, 0.1) is 28.7 Å². The van der Waals surface area contributed by atoms with Gasteiger partial charge in [-0.3, -0.25) is 20.2 Å². The molecule has 0 aliphatic heterocycles. The summed E-state index contributed by atoms with van der Waals surface area (Å²) in [4.78, 5) is 20.4. The maximum Gasteiger partial charge on any atom is 0.273 e. The molecule has 10 nitrogen and oxygen atoms in total. The lowest BCUT2D eigenvalue weighted by atomic mass is 10.2. The molecule has 1 aromatic heterocycles. The fourth-order valence-corrected chi connectivity index (χ4v) is 2.24. The molecule has 0 radical (unpaired) electrons. The van der Waals surface area contributed by atoms with Gasteiger partial charge in [-0.1, -0.05) is 23.4 Å². The number of nitro benzene ring substituents is 2. The summed E-state index contributed by atoms with van der Waals surface area (Å²) >= 11 is 0. The molecule has 0 spiro atoms.